The molecule has 3 rings (SSSR count). The van der Waals surface area contributed by atoms with Crippen molar-refractivity contribution in [3.63, 3.8) is 0 Å². The molecular formula is C17H24O3. The van der Waals surface area contributed by atoms with Gasteiger partial charge in [0.15, 0.2) is 0 Å². The van der Waals surface area contributed by atoms with E-state index in [1.54, 1.807) is 7.11 Å². The Bertz CT molecular complexity index is 485. The van der Waals surface area contributed by atoms with Crippen LogP contribution in [-0.2, 0) is 0 Å². The molecule has 0 aromatic heterocycles. The Balaban J connectivity index is 1.90. The van der Waals surface area contributed by atoms with E-state index in [4.69, 9.17) is 9.47 Å². The van der Waals surface area contributed by atoms with Crippen LogP contribution in [0, 0.1) is 5.92 Å². The van der Waals surface area contributed by atoms with Crippen LogP contribution >= 0.6 is 0 Å². The van der Waals surface area contributed by atoms with Crippen molar-refractivity contribution in [1.82, 2.24) is 0 Å². The van der Waals surface area contributed by atoms with Crippen LogP contribution in [0.2, 0.25) is 0 Å². The topological polar surface area (TPSA) is 38.7 Å². The Morgan fingerprint density at radius 2 is 2.15 bits per heavy atom. The van der Waals surface area contributed by atoms with Crippen molar-refractivity contribution in [2.45, 2.75) is 57.2 Å². The van der Waals surface area contributed by atoms with Crippen molar-refractivity contribution in [2.24, 2.45) is 5.92 Å². The van der Waals surface area contributed by atoms with E-state index in [2.05, 4.69) is 6.92 Å². The number of fused-ring (bicyclic) bond motifs is 1. The third-order valence-corrected chi connectivity index (χ3v) is 4.89. The number of hydrogen-bond donors (Lipinski definition) is 1. The Kier molecular flexibility index (Phi) is 3.63. The molecule has 3 atom stereocenters. The van der Waals surface area contributed by atoms with Crippen molar-refractivity contribution in [1.29, 1.82) is 0 Å². The Morgan fingerprint density at radius 3 is 2.95 bits per heavy atom. The highest BCUT2D eigenvalue weighted by Gasteiger charge is 2.41. The summed E-state index contributed by atoms with van der Waals surface area (Å²) in [6.07, 6.45) is 6.04. The molecule has 3 heteroatoms. The summed E-state index contributed by atoms with van der Waals surface area (Å²) < 4.78 is 11.6. The van der Waals surface area contributed by atoms with Gasteiger partial charge in [-0.05, 0) is 43.7 Å². The molecule has 1 aliphatic carbocycles. The first-order valence-electron chi connectivity index (χ1n) is 7.67. The Morgan fingerprint density at radius 1 is 1.30 bits per heavy atom. The molecule has 0 radical (unpaired) electrons. The summed E-state index contributed by atoms with van der Waals surface area (Å²) in [6, 6.07) is 5.72. The van der Waals surface area contributed by atoms with Gasteiger partial charge in [-0.2, -0.15) is 0 Å². The predicted octanol–water partition coefficient (Wildman–Crippen LogP) is 3.85. The maximum Gasteiger partial charge on any atom is 0.129 e. The summed E-state index contributed by atoms with van der Waals surface area (Å²) in [6.45, 7) is 2.31. The van der Waals surface area contributed by atoms with Crippen LogP contribution in [0.15, 0.2) is 18.2 Å². The van der Waals surface area contributed by atoms with Crippen LogP contribution in [-0.4, -0.2) is 17.8 Å². The van der Waals surface area contributed by atoms with Crippen LogP contribution in [0.4, 0.5) is 0 Å². The van der Waals surface area contributed by atoms with E-state index < -0.39 is 6.10 Å². The lowest BCUT2D eigenvalue weighted by atomic mass is 9.83. The summed E-state index contributed by atoms with van der Waals surface area (Å²) in [7, 11) is 1.66. The van der Waals surface area contributed by atoms with E-state index in [9.17, 15) is 5.11 Å². The molecule has 110 valence electrons. The van der Waals surface area contributed by atoms with Gasteiger partial charge in [-0.1, -0.05) is 13.3 Å². The fourth-order valence-electron chi connectivity index (χ4n) is 3.60. The summed E-state index contributed by atoms with van der Waals surface area (Å²) in [5.41, 5.74) is 0.720. The van der Waals surface area contributed by atoms with Crippen LogP contribution < -0.4 is 9.47 Å². The molecule has 3 unspecified atom stereocenters. The van der Waals surface area contributed by atoms with Gasteiger partial charge in [0.2, 0.25) is 0 Å². The molecule has 1 aromatic carbocycles. The van der Waals surface area contributed by atoms with Crippen LogP contribution in [0.25, 0.3) is 0 Å². The molecule has 1 fully saturated rings. The zero-order valence-electron chi connectivity index (χ0n) is 12.4. The fraction of sp³-hybridized carbons (Fsp3) is 0.647. The third kappa shape index (κ3) is 2.51. The second-order valence-corrected chi connectivity index (χ2v) is 6.44. The van der Waals surface area contributed by atoms with Gasteiger partial charge in [0.25, 0.3) is 0 Å². The molecule has 3 nitrogen and oxygen atoms in total. The molecule has 0 amide bonds. The van der Waals surface area contributed by atoms with Crippen molar-refractivity contribution in [3.05, 3.63) is 23.8 Å². The van der Waals surface area contributed by atoms with Gasteiger partial charge >= 0.3 is 0 Å². The molecule has 1 saturated carbocycles. The molecule has 1 N–H and O–H groups in total. The lowest BCUT2D eigenvalue weighted by molar-refractivity contribution is -0.0251. The smallest absolute Gasteiger partial charge is 0.129 e. The van der Waals surface area contributed by atoms with Crippen molar-refractivity contribution >= 4 is 0 Å². The number of hydrogen-bond acceptors (Lipinski definition) is 3. The third-order valence-electron chi connectivity index (χ3n) is 4.89. The van der Waals surface area contributed by atoms with E-state index in [0.717, 1.165) is 42.2 Å². The molecule has 0 saturated heterocycles. The lowest BCUT2D eigenvalue weighted by Gasteiger charge is -2.40. The van der Waals surface area contributed by atoms with E-state index in [0.29, 0.717) is 0 Å². The lowest BCUT2D eigenvalue weighted by Crippen LogP contribution is -2.40. The number of benzene rings is 1. The first-order valence-corrected chi connectivity index (χ1v) is 7.67. The number of aliphatic hydroxyl groups is 1. The molecule has 2 aliphatic rings. The van der Waals surface area contributed by atoms with Crippen LogP contribution in [0.1, 0.15) is 57.1 Å². The average molecular weight is 276 g/mol. The first kappa shape index (κ1) is 13.7. The SMILES string of the molecule is COc1ccc2c(c1)OC1(CCCC(C)CC1)CC2O. The van der Waals surface area contributed by atoms with Gasteiger partial charge in [-0.3, -0.25) is 0 Å². The minimum Gasteiger partial charge on any atom is -0.497 e. The van der Waals surface area contributed by atoms with E-state index in [1.807, 2.05) is 18.2 Å². The van der Waals surface area contributed by atoms with Gasteiger partial charge in [0.1, 0.15) is 17.1 Å². The number of methoxy groups -OCH3 is 1. The summed E-state index contributed by atoms with van der Waals surface area (Å²) >= 11 is 0. The molecular weight excluding hydrogens is 252 g/mol. The van der Waals surface area contributed by atoms with E-state index >= 15 is 0 Å². The van der Waals surface area contributed by atoms with Gasteiger partial charge in [0, 0.05) is 18.1 Å². The second-order valence-electron chi connectivity index (χ2n) is 6.44. The first-order chi connectivity index (χ1) is 9.62. The standard InChI is InChI=1S/C17H24O3/c1-12-4-3-8-17(9-7-12)11-15(18)14-6-5-13(19-2)10-16(14)20-17/h5-6,10,12,15,18H,3-4,7-9,11H2,1-2H3. The molecule has 1 heterocycles. The molecule has 1 aliphatic heterocycles. The minimum absolute atomic E-state index is 0.177. The van der Waals surface area contributed by atoms with Gasteiger partial charge in [-0.25, -0.2) is 0 Å². The van der Waals surface area contributed by atoms with Gasteiger partial charge in [0.05, 0.1) is 13.2 Å². The fourth-order valence-corrected chi connectivity index (χ4v) is 3.60. The number of rotatable bonds is 1. The largest absolute Gasteiger partial charge is 0.497 e. The van der Waals surface area contributed by atoms with Crippen molar-refractivity contribution in [3.8, 4) is 11.5 Å². The number of aliphatic hydroxyl groups excluding tert-OH is 1. The highest BCUT2D eigenvalue weighted by atomic mass is 16.5. The maximum absolute atomic E-state index is 10.5. The number of ether oxygens (including phenoxy) is 2. The zero-order chi connectivity index (χ0) is 14.2. The highest BCUT2D eigenvalue weighted by molar-refractivity contribution is 5.44. The monoisotopic (exact) mass is 276 g/mol. The highest BCUT2D eigenvalue weighted by Crippen LogP contribution is 2.47. The maximum atomic E-state index is 10.5. The Hall–Kier alpha value is -1.22. The van der Waals surface area contributed by atoms with Gasteiger partial charge in [-0.15, -0.1) is 0 Å². The second kappa shape index (κ2) is 5.28. The van der Waals surface area contributed by atoms with Crippen LogP contribution in [0.5, 0.6) is 11.5 Å². The summed E-state index contributed by atoms with van der Waals surface area (Å²) in [5, 5.41) is 10.5. The summed E-state index contributed by atoms with van der Waals surface area (Å²) in [4.78, 5) is 0. The quantitative estimate of drug-likeness (QED) is 0.846. The zero-order valence-corrected chi connectivity index (χ0v) is 12.4. The molecule has 1 aromatic rings. The van der Waals surface area contributed by atoms with Crippen molar-refractivity contribution < 1.29 is 14.6 Å². The molecule has 20 heavy (non-hydrogen) atoms. The molecule has 0 bridgehead atoms. The van der Waals surface area contributed by atoms with E-state index in [-0.39, 0.29) is 5.60 Å². The normalized spacial score (nSPS) is 33.1. The average Bonchev–Trinajstić information content (AvgIpc) is 2.61. The predicted molar refractivity (Wildman–Crippen MR) is 78.2 cm³/mol. The van der Waals surface area contributed by atoms with Crippen molar-refractivity contribution in [2.75, 3.05) is 7.11 Å². The van der Waals surface area contributed by atoms with Gasteiger partial charge < -0.3 is 14.6 Å². The Labute approximate surface area is 120 Å². The molecule has 1 spiro atoms. The van der Waals surface area contributed by atoms with E-state index in [1.165, 1.54) is 19.3 Å². The summed E-state index contributed by atoms with van der Waals surface area (Å²) in [5.74, 6) is 2.36. The minimum atomic E-state index is -0.418. The van der Waals surface area contributed by atoms with Crippen LogP contribution in [0.3, 0.4) is 0 Å².